The maximum atomic E-state index is 13.9. The Labute approximate surface area is 190 Å². The van der Waals surface area contributed by atoms with Gasteiger partial charge in [-0.1, -0.05) is 0 Å². The normalized spacial score (nSPS) is 11.6. The topological polar surface area (TPSA) is 97.7 Å². The quantitative estimate of drug-likeness (QED) is 0.384. The van der Waals surface area contributed by atoms with E-state index in [4.69, 9.17) is 4.98 Å². The van der Waals surface area contributed by atoms with E-state index in [0.717, 1.165) is 28.8 Å². The predicted molar refractivity (Wildman–Crippen MR) is 121 cm³/mol. The SMILES string of the molecule is O=S(=O)(Nc1ccc(F)cc1F)c1cncc(-c2ccc3nccc(-c4cncs4)c3n2)c1. The van der Waals surface area contributed by atoms with E-state index in [0.29, 0.717) is 28.4 Å². The first-order valence-corrected chi connectivity index (χ1v) is 11.8. The molecule has 0 aliphatic carbocycles. The van der Waals surface area contributed by atoms with Crippen LogP contribution in [0.4, 0.5) is 14.5 Å². The fourth-order valence-electron chi connectivity index (χ4n) is 3.22. The molecule has 0 atom stereocenters. The van der Waals surface area contributed by atoms with Gasteiger partial charge in [0.25, 0.3) is 10.0 Å². The molecule has 11 heteroatoms. The third kappa shape index (κ3) is 4.15. The highest BCUT2D eigenvalue weighted by Crippen LogP contribution is 2.31. The van der Waals surface area contributed by atoms with Gasteiger partial charge in [0.05, 0.1) is 32.8 Å². The first-order valence-electron chi connectivity index (χ1n) is 9.49. The first-order chi connectivity index (χ1) is 15.9. The summed E-state index contributed by atoms with van der Waals surface area (Å²) in [6, 6.07) is 9.30. The van der Waals surface area contributed by atoms with Gasteiger partial charge < -0.3 is 0 Å². The third-order valence-corrected chi connectivity index (χ3v) is 6.92. The first kappa shape index (κ1) is 21.0. The number of nitrogens with one attached hydrogen (secondary N) is 1. The molecule has 0 unspecified atom stereocenters. The van der Waals surface area contributed by atoms with Crippen LogP contribution in [-0.2, 0) is 10.0 Å². The van der Waals surface area contributed by atoms with Crippen LogP contribution in [0.15, 0.2) is 77.7 Å². The lowest BCUT2D eigenvalue weighted by atomic mass is 10.1. The highest BCUT2D eigenvalue weighted by molar-refractivity contribution is 7.92. The third-order valence-electron chi connectivity index (χ3n) is 4.78. The second-order valence-electron chi connectivity index (χ2n) is 6.93. The fraction of sp³-hybridized carbons (Fsp3) is 0. The summed E-state index contributed by atoms with van der Waals surface area (Å²) in [6.07, 6.45) is 6.05. The predicted octanol–water partition coefficient (Wildman–Crippen LogP) is 4.89. The fourth-order valence-corrected chi connectivity index (χ4v) is 4.92. The molecule has 0 saturated carbocycles. The molecular weight excluding hydrogens is 468 g/mol. The number of anilines is 1. The van der Waals surface area contributed by atoms with Crippen molar-refractivity contribution in [1.82, 2.24) is 19.9 Å². The lowest BCUT2D eigenvalue weighted by Crippen LogP contribution is -2.14. The van der Waals surface area contributed by atoms with Gasteiger partial charge in [-0.3, -0.25) is 19.7 Å². The number of thiazole rings is 1. The molecule has 0 spiro atoms. The zero-order valence-electron chi connectivity index (χ0n) is 16.6. The number of hydrogen-bond acceptors (Lipinski definition) is 7. The number of halogens is 2. The van der Waals surface area contributed by atoms with E-state index < -0.39 is 21.7 Å². The Bertz CT molecular complexity index is 1590. The van der Waals surface area contributed by atoms with Gasteiger partial charge in [-0.15, -0.1) is 11.3 Å². The van der Waals surface area contributed by atoms with E-state index in [1.807, 2.05) is 6.07 Å². The van der Waals surface area contributed by atoms with Crippen LogP contribution >= 0.6 is 11.3 Å². The van der Waals surface area contributed by atoms with Crippen molar-refractivity contribution in [2.45, 2.75) is 4.90 Å². The number of nitrogens with zero attached hydrogens (tertiary/aromatic N) is 4. The molecule has 4 aromatic heterocycles. The summed E-state index contributed by atoms with van der Waals surface area (Å²) >= 11 is 1.47. The average molecular weight is 482 g/mol. The van der Waals surface area contributed by atoms with E-state index >= 15 is 0 Å². The minimum absolute atomic E-state index is 0.195. The second-order valence-corrected chi connectivity index (χ2v) is 9.50. The summed E-state index contributed by atoms with van der Waals surface area (Å²) in [6.45, 7) is 0. The summed E-state index contributed by atoms with van der Waals surface area (Å²) in [5.74, 6) is -1.84. The maximum Gasteiger partial charge on any atom is 0.263 e. The molecule has 5 aromatic rings. The molecule has 5 rings (SSSR count). The van der Waals surface area contributed by atoms with Crippen LogP contribution < -0.4 is 4.72 Å². The van der Waals surface area contributed by atoms with Crippen LogP contribution in [-0.4, -0.2) is 28.4 Å². The number of rotatable bonds is 5. The molecule has 0 amide bonds. The standard InChI is InChI=1S/C22H13F2N5O2S2/c23-14-1-2-19(17(24)8-14)29-33(30,31)15-7-13(9-25-10-15)18-3-4-20-22(28-18)16(5-6-27-20)21-11-26-12-32-21/h1-12,29H. The smallest absolute Gasteiger partial charge is 0.263 e. The molecule has 164 valence electrons. The highest BCUT2D eigenvalue weighted by atomic mass is 32.2. The molecule has 1 N–H and O–H groups in total. The van der Waals surface area contributed by atoms with Crippen LogP contribution in [0.2, 0.25) is 0 Å². The molecule has 1 aromatic carbocycles. The Kier molecular flexibility index (Phi) is 5.27. The van der Waals surface area contributed by atoms with Gasteiger partial charge in [0, 0.05) is 42.0 Å². The molecular formula is C22H13F2N5O2S2. The molecule has 33 heavy (non-hydrogen) atoms. The van der Waals surface area contributed by atoms with E-state index in [-0.39, 0.29) is 10.6 Å². The number of fused-ring (bicyclic) bond motifs is 1. The molecule has 0 radical (unpaired) electrons. The lowest BCUT2D eigenvalue weighted by molar-refractivity contribution is 0.582. The van der Waals surface area contributed by atoms with E-state index in [1.165, 1.54) is 23.6 Å². The molecule has 0 aliphatic heterocycles. The average Bonchev–Trinajstić information content (AvgIpc) is 3.35. The number of benzene rings is 1. The van der Waals surface area contributed by atoms with Crippen LogP contribution in [0.5, 0.6) is 0 Å². The second kappa shape index (κ2) is 8.26. The monoisotopic (exact) mass is 481 g/mol. The van der Waals surface area contributed by atoms with Gasteiger partial charge in [0.1, 0.15) is 16.5 Å². The summed E-state index contributed by atoms with van der Waals surface area (Å²) in [7, 11) is -4.19. The van der Waals surface area contributed by atoms with E-state index in [2.05, 4.69) is 19.7 Å². The Balaban J connectivity index is 1.54. The Morgan fingerprint density at radius 1 is 0.939 bits per heavy atom. The van der Waals surface area contributed by atoms with E-state index in [9.17, 15) is 17.2 Å². The number of pyridine rings is 3. The van der Waals surface area contributed by atoms with Gasteiger partial charge in [-0.2, -0.15) is 0 Å². The van der Waals surface area contributed by atoms with Gasteiger partial charge in [-0.25, -0.2) is 22.2 Å². The molecule has 0 aliphatic rings. The van der Waals surface area contributed by atoms with Crippen LogP contribution in [0, 0.1) is 11.6 Å². The van der Waals surface area contributed by atoms with E-state index in [1.54, 1.807) is 30.0 Å². The van der Waals surface area contributed by atoms with Crippen molar-refractivity contribution in [3.05, 3.63) is 84.4 Å². The lowest BCUT2D eigenvalue weighted by Gasteiger charge is -2.10. The van der Waals surface area contributed by atoms with Crippen molar-refractivity contribution in [3.8, 4) is 21.7 Å². The Morgan fingerprint density at radius 2 is 1.82 bits per heavy atom. The molecule has 7 nitrogen and oxygen atoms in total. The van der Waals surface area contributed by atoms with Crippen LogP contribution in [0.3, 0.4) is 0 Å². The Hall–Kier alpha value is -3.83. The largest absolute Gasteiger partial charge is 0.277 e. The minimum atomic E-state index is -4.19. The Morgan fingerprint density at radius 3 is 2.61 bits per heavy atom. The van der Waals surface area contributed by atoms with Crippen molar-refractivity contribution >= 4 is 38.1 Å². The van der Waals surface area contributed by atoms with Crippen molar-refractivity contribution < 1.29 is 17.2 Å². The molecule has 4 heterocycles. The molecule has 0 fully saturated rings. The number of sulfonamides is 1. The van der Waals surface area contributed by atoms with Crippen molar-refractivity contribution in [1.29, 1.82) is 0 Å². The summed E-state index contributed by atoms with van der Waals surface area (Å²) in [5.41, 5.74) is 4.45. The summed E-state index contributed by atoms with van der Waals surface area (Å²) in [4.78, 5) is 17.9. The van der Waals surface area contributed by atoms with Crippen LogP contribution in [0.1, 0.15) is 0 Å². The molecule has 0 saturated heterocycles. The van der Waals surface area contributed by atoms with Crippen molar-refractivity contribution in [2.24, 2.45) is 0 Å². The zero-order valence-corrected chi connectivity index (χ0v) is 18.2. The van der Waals surface area contributed by atoms with Gasteiger partial charge in [0.2, 0.25) is 0 Å². The van der Waals surface area contributed by atoms with Gasteiger partial charge in [0.15, 0.2) is 0 Å². The maximum absolute atomic E-state index is 13.9. The summed E-state index contributed by atoms with van der Waals surface area (Å²) < 4.78 is 54.8. The minimum Gasteiger partial charge on any atom is -0.277 e. The van der Waals surface area contributed by atoms with Crippen LogP contribution in [0.25, 0.3) is 32.7 Å². The van der Waals surface area contributed by atoms with Crippen molar-refractivity contribution in [2.75, 3.05) is 4.72 Å². The molecule has 0 bridgehead atoms. The van der Waals surface area contributed by atoms with Crippen molar-refractivity contribution in [3.63, 3.8) is 0 Å². The zero-order chi connectivity index (χ0) is 23.0. The summed E-state index contributed by atoms with van der Waals surface area (Å²) in [5, 5.41) is 0. The number of hydrogen-bond donors (Lipinski definition) is 1. The number of aromatic nitrogens is 4. The van der Waals surface area contributed by atoms with Gasteiger partial charge in [-0.05, 0) is 36.4 Å². The highest BCUT2D eigenvalue weighted by Gasteiger charge is 2.19. The van der Waals surface area contributed by atoms with Gasteiger partial charge >= 0.3 is 0 Å².